The van der Waals surface area contributed by atoms with Gasteiger partial charge in [-0.1, -0.05) is 36.4 Å². The molecule has 0 aliphatic heterocycles. The van der Waals surface area contributed by atoms with Gasteiger partial charge in [-0.2, -0.15) is 0 Å². The number of anilines is 1. The second-order valence-corrected chi connectivity index (χ2v) is 7.11. The molecule has 0 fully saturated rings. The van der Waals surface area contributed by atoms with Crippen LogP contribution in [0, 0.1) is 13.8 Å². The molecule has 3 nitrogen and oxygen atoms in total. The van der Waals surface area contributed by atoms with Crippen LogP contribution in [-0.2, 0) is 0 Å². The number of aromatic nitrogens is 2. The highest BCUT2D eigenvalue weighted by Gasteiger charge is 2.16. The van der Waals surface area contributed by atoms with Crippen molar-refractivity contribution in [3.8, 4) is 11.4 Å². The van der Waals surface area contributed by atoms with E-state index in [4.69, 9.17) is 9.97 Å². The van der Waals surface area contributed by atoms with E-state index in [2.05, 4.69) is 52.1 Å². The molecule has 0 saturated heterocycles. The molecular formula is C20H23N3. The highest BCUT2D eigenvalue weighted by Crippen LogP contribution is 2.29. The molecule has 2 aromatic carbocycles. The van der Waals surface area contributed by atoms with Crippen molar-refractivity contribution in [2.45, 2.75) is 40.2 Å². The van der Waals surface area contributed by atoms with E-state index in [0.29, 0.717) is 0 Å². The molecule has 23 heavy (non-hydrogen) atoms. The predicted molar refractivity (Wildman–Crippen MR) is 97.8 cm³/mol. The number of hydrogen-bond donors (Lipinski definition) is 1. The topological polar surface area (TPSA) is 37.8 Å². The van der Waals surface area contributed by atoms with Crippen LogP contribution >= 0.6 is 0 Å². The first-order valence-corrected chi connectivity index (χ1v) is 7.96. The van der Waals surface area contributed by atoms with E-state index in [1.165, 1.54) is 11.1 Å². The molecule has 0 aliphatic rings. The Morgan fingerprint density at radius 3 is 2.26 bits per heavy atom. The molecule has 3 rings (SSSR count). The summed E-state index contributed by atoms with van der Waals surface area (Å²) < 4.78 is 0. The number of hydrogen-bond acceptors (Lipinski definition) is 3. The third-order valence-electron chi connectivity index (χ3n) is 3.66. The van der Waals surface area contributed by atoms with Gasteiger partial charge in [0.1, 0.15) is 5.82 Å². The molecule has 0 radical (unpaired) electrons. The van der Waals surface area contributed by atoms with Crippen LogP contribution in [0.1, 0.15) is 31.9 Å². The minimum absolute atomic E-state index is 0.0626. The second-order valence-electron chi connectivity index (χ2n) is 7.11. The molecule has 1 heterocycles. The Morgan fingerprint density at radius 2 is 1.61 bits per heavy atom. The first-order chi connectivity index (χ1) is 10.8. The summed E-state index contributed by atoms with van der Waals surface area (Å²) in [5.41, 5.74) is 4.38. The lowest BCUT2D eigenvalue weighted by molar-refractivity contribution is 0.631. The average Bonchev–Trinajstić information content (AvgIpc) is 2.47. The number of aryl methyl sites for hydroxylation is 2. The quantitative estimate of drug-likeness (QED) is 0.713. The van der Waals surface area contributed by atoms with E-state index in [1.54, 1.807) is 0 Å². The number of benzene rings is 2. The molecular weight excluding hydrogens is 282 g/mol. The summed E-state index contributed by atoms with van der Waals surface area (Å²) >= 11 is 0. The van der Waals surface area contributed by atoms with Crippen molar-refractivity contribution in [3.05, 3.63) is 53.6 Å². The summed E-state index contributed by atoms with van der Waals surface area (Å²) in [6, 6.07) is 14.5. The van der Waals surface area contributed by atoms with Gasteiger partial charge < -0.3 is 5.32 Å². The third kappa shape index (κ3) is 3.34. The maximum Gasteiger partial charge on any atom is 0.162 e. The second kappa shape index (κ2) is 5.65. The van der Waals surface area contributed by atoms with Crippen LogP contribution in [0.2, 0.25) is 0 Å². The fraction of sp³-hybridized carbons (Fsp3) is 0.300. The summed E-state index contributed by atoms with van der Waals surface area (Å²) in [7, 11) is 0. The van der Waals surface area contributed by atoms with Gasteiger partial charge in [-0.3, -0.25) is 0 Å². The Labute approximate surface area is 137 Å². The minimum atomic E-state index is -0.0626. The lowest BCUT2D eigenvalue weighted by Crippen LogP contribution is -2.27. The smallest absolute Gasteiger partial charge is 0.162 e. The molecule has 1 N–H and O–H groups in total. The Hall–Kier alpha value is -2.42. The average molecular weight is 305 g/mol. The molecule has 0 saturated carbocycles. The minimum Gasteiger partial charge on any atom is -0.365 e. The standard InChI is InChI=1S/C20H23N3/c1-13-11-14(2)17-16(12-13)19(23-20(3,4)5)22-18(21-17)15-9-7-6-8-10-15/h6-12H,1-5H3,(H,21,22,23). The van der Waals surface area contributed by atoms with Gasteiger partial charge in [-0.15, -0.1) is 0 Å². The van der Waals surface area contributed by atoms with E-state index in [-0.39, 0.29) is 5.54 Å². The maximum atomic E-state index is 4.83. The zero-order valence-electron chi connectivity index (χ0n) is 14.4. The number of nitrogens with zero attached hydrogens (tertiary/aromatic N) is 2. The zero-order valence-corrected chi connectivity index (χ0v) is 14.4. The highest BCUT2D eigenvalue weighted by molar-refractivity contribution is 5.93. The molecule has 1 aromatic heterocycles. The molecule has 0 amide bonds. The summed E-state index contributed by atoms with van der Waals surface area (Å²) in [6.07, 6.45) is 0. The lowest BCUT2D eigenvalue weighted by Gasteiger charge is -2.23. The van der Waals surface area contributed by atoms with Gasteiger partial charge in [0, 0.05) is 16.5 Å². The van der Waals surface area contributed by atoms with Gasteiger partial charge >= 0.3 is 0 Å². The van der Waals surface area contributed by atoms with Gasteiger partial charge in [-0.25, -0.2) is 9.97 Å². The van der Waals surface area contributed by atoms with Crippen LogP contribution in [0.4, 0.5) is 5.82 Å². The van der Waals surface area contributed by atoms with Crippen molar-refractivity contribution >= 4 is 16.7 Å². The Morgan fingerprint density at radius 1 is 0.913 bits per heavy atom. The Bertz CT molecular complexity index is 846. The number of fused-ring (bicyclic) bond motifs is 1. The van der Waals surface area contributed by atoms with Crippen molar-refractivity contribution in [1.29, 1.82) is 0 Å². The van der Waals surface area contributed by atoms with E-state index < -0.39 is 0 Å². The first-order valence-electron chi connectivity index (χ1n) is 7.96. The molecule has 0 atom stereocenters. The van der Waals surface area contributed by atoms with Crippen LogP contribution in [0.3, 0.4) is 0 Å². The van der Waals surface area contributed by atoms with Gasteiger partial charge in [-0.05, 0) is 51.8 Å². The summed E-state index contributed by atoms with van der Waals surface area (Å²) in [5, 5.41) is 4.62. The summed E-state index contributed by atoms with van der Waals surface area (Å²) in [6.45, 7) is 10.7. The Kier molecular flexibility index (Phi) is 3.80. The van der Waals surface area contributed by atoms with Crippen molar-refractivity contribution in [1.82, 2.24) is 9.97 Å². The van der Waals surface area contributed by atoms with Crippen LogP contribution < -0.4 is 5.32 Å². The largest absolute Gasteiger partial charge is 0.365 e. The van der Waals surface area contributed by atoms with Crippen LogP contribution in [-0.4, -0.2) is 15.5 Å². The number of rotatable bonds is 2. The van der Waals surface area contributed by atoms with Gasteiger partial charge in [0.25, 0.3) is 0 Å². The molecule has 0 unspecified atom stereocenters. The maximum absolute atomic E-state index is 4.83. The molecule has 3 heteroatoms. The van der Waals surface area contributed by atoms with Crippen LogP contribution in [0.25, 0.3) is 22.3 Å². The molecule has 3 aromatic rings. The normalized spacial score (nSPS) is 11.7. The Balaban J connectivity index is 2.29. The molecule has 0 aliphatic carbocycles. The van der Waals surface area contributed by atoms with E-state index in [9.17, 15) is 0 Å². The van der Waals surface area contributed by atoms with Crippen molar-refractivity contribution < 1.29 is 0 Å². The highest BCUT2D eigenvalue weighted by atomic mass is 15.1. The lowest BCUT2D eigenvalue weighted by atomic mass is 10.0. The van der Waals surface area contributed by atoms with Crippen LogP contribution in [0.5, 0.6) is 0 Å². The van der Waals surface area contributed by atoms with Crippen molar-refractivity contribution in [2.75, 3.05) is 5.32 Å². The van der Waals surface area contributed by atoms with Gasteiger partial charge in [0.15, 0.2) is 5.82 Å². The third-order valence-corrected chi connectivity index (χ3v) is 3.66. The molecule has 118 valence electrons. The first kappa shape index (κ1) is 15.5. The van der Waals surface area contributed by atoms with Crippen LogP contribution in [0.15, 0.2) is 42.5 Å². The monoisotopic (exact) mass is 305 g/mol. The van der Waals surface area contributed by atoms with E-state index in [0.717, 1.165) is 28.1 Å². The molecule has 0 spiro atoms. The number of nitrogens with one attached hydrogen (secondary N) is 1. The van der Waals surface area contributed by atoms with Crippen molar-refractivity contribution in [2.24, 2.45) is 0 Å². The summed E-state index contributed by atoms with van der Waals surface area (Å²) in [4.78, 5) is 9.64. The SMILES string of the molecule is Cc1cc(C)c2nc(-c3ccccc3)nc(NC(C)(C)C)c2c1. The summed E-state index contributed by atoms with van der Waals surface area (Å²) in [5.74, 6) is 1.66. The predicted octanol–water partition coefficient (Wildman–Crippen LogP) is 5.12. The molecule has 0 bridgehead atoms. The fourth-order valence-electron chi connectivity index (χ4n) is 2.75. The zero-order chi connectivity index (χ0) is 16.6. The van der Waals surface area contributed by atoms with E-state index >= 15 is 0 Å². The van der Waals surface area contributed by atoms with E-state index in [1.807, 2.05) is 30.3 Å². The van der Waals surface area contributed by atoms with Gasteiger partial charge in [0.05, 0.1) is 5.52 Å². The fourth-order valence-corrected chi connectivity index (χ4v) is 2.75. The van der Waals surface area contributed by atoms with Crippen molar-refractivity contribution in [3.63, 3.8) is 0 Å². The van der Waals surface area contributed by atoms with Gasteiger partial charge in [0.2, 0.25) is 0 Å².